The van der Waals surface area contributed by atoms with Gasteiger partial charge in [0.1, 0.15) is 19.3 Å². The number of rotatable bonds is 59. The van der Waals surface area contributed by atoms with Crippen LogP contribution in [0, 0.1) is 0 Å². The first kappa shape index (κ1) is 67.1. The number of esters is 2. The molecule has 0 amide bonds. The second kappa shape index (κ2) is 60.4. The summed E-state index contributed by atoms with van der Waals surface area (Å²) in [4.78, 5) is 23.4. The fourth-order valence-corrected chi connectivity index (χ4v) is 7.39. The van der Waals surface area contributed by atoms with E-state index in [1.54, 1.807) is 7.11 Å². The molecule has 0 spiro atoms. The van der Waals surface area contributed by atoms with Crippen LogP contribution < -0.4 is 10.6 Å². The van der Waals surface area contributed by atoms with Crippen molar-refractivity contribution >= 4 is 11.9 Å². The molecule has 1 unspecified atom stereocenters. The van der Waals surface area contributed by atoms with E-state index < -0.39 is 5.97 Å². The summed E-state index contributed by atoms with van der Waals surface area (Å²) in [6.07, 6.45) is 45.9. The smallest absolute Gasteiger partial charge is 0.320 e. The molecule has 0 radical (unpaired) electrons. The van der Waals surface area contributed by atoms with Crippen LogP contribution >= 0.6 is 0 Å². The summed E-state index contributed by atoms with van der Waals surface area (Å²) in [7, 11) is 1.60. The summed E-state index contributed by atoms with van der Waals surface area (Å²) in [5.41, 5.74) is 0. The topological polar surface area (TPSA) is 141 Å². The standard InChI is InChI=1S/C56H108N2O11/c1-4-6-8-10-12-14-16-18-20-22-24-26-28-30-32-34-38-65-52-54(67-39-35-33-31-29-27-25-23-21-19-17-15-13-11-9-7-5-2)53-66-47-46-63-43-42-62-44-45-64-48-49-69-56(60)51-58-37-41-68-55(59)50-57-36-40-61-3/h18-21,54,57-58H,4-17,22-53H2,1-3H3/b20-18-,21-19-. The van der Waals surface area contributed by atoms with E-state index in [4.69, 9.17) is 42.6 Å². The quantitative estimate of drug-likeness (QED) is 0.0340. The molecule has 0 rings (SSSR count). The van der Waals surface area contributed by atoms with Crippen LogP contribution in [-0.4, -0.2) is 144 Å². The van der Waals surface area contributed by atoms with Crippen molar-refractivity contribution in [1.29, 1.82) is 0 Å². The van der Waals surface area contributed by atoms with Gasteiger partial charge in [0, 0.05) is 33.4 Å². The highest BCUT2D eigenvalue weighted by molar-refractivity contribution is 5.72. The molecule has 13 heteroatoms. The van der Waals surface area contributed by atoms with Gasteiger partial charge in [-0.05, 0) is 64.2 Å². The zero-order valence-corrected chi connectivity index (χ0v) is 44.9. The van der Waals surface area contributed by atoms with E-state index in [1.807, 2.05) is 0 Å². The molecule has 0 aromatic heterocycles. The lowest BCUT2D eigenvalue weighted by Gasteiger charge is -2.18. The monoisotopic (exact) mass is 985 g/mol. The molecule has 13 nitrogen and oxygen atoms in total. The molecular weight excluding hydrogens is 877 g/mol. The molecule has 0 aliphatic carbocycles. The van der Waals surface area contributed by atoms with Crippen LogP contribution in [0.2, 0.25) is 0 Å². The molecule has 1 atom stereocenters. The third kappa shape index (κ3) is 58.5. The number of ether oxygens (including phenoxy) is 9. The van der Waals surface area contributed by atoms with Crippen molar-refractivity contribution in [3.63, 3.8) is 0 Å². The van der Waals surface area contributed by atoms with Gasteiger partial charge in [-0.15, -0.1) is 0 Å². The van der Waals surface area contributed by atoms with Crippen molar-refractivity contribution in [3.05, 3.63) is 24.3 Å². The maximum absolute atomic E-state index is 11.8. The predicted molar refractivity (Wildman–Crippen MR) is 282 cm³/mol. The molecule has 69 heavy (non-hydrogen) atoms. The molecule has 0 aromatic carbocycles. The average Bonchev–Trinajstić information content (AvgIpc) is 3.35. The number of nitrogens with one attached hydrogen (secondary N) is 2. The number of carbonyl (C=O) groups excluding carboxylic acids is 2. The Bertz CT molecular complexity index is 1080. The van der Waals surface area contributed by atoms with Gasteiger partial charge in [-0.25, -0.2) is 0 Å². The Morgan fingerprint density at radius 2 is 0.725 bits per heavy atom. The fourth-order valence-electron chi connectivity index (χ4n) is 7.39. The van der Waals surface area contributed by atoms with Gasteiger partial charge < -0.3 is 53.3 Å². The normalized spacial score (nSPS) is 12.2. The lowest BCUT2D eigenvalue weighted by Crippen LogP contribution is -2.31. The van der Waals surface area contributed by atoms with Gasteiger partial charge in [-0.2, -0.15) is 0 Å². The summed E-state index contributed by atoms with van der Waals surface area (Å²) in [5, 5.41) is 5.79. The van der Waals surface area contributed by atoms with Crippen LogP contribution in [-0.2, 0) is 52.2 Å². The van der Waals surface area contributed by atoms with E-state index in [0.29, 0.717) is 72.6 Å². The van der Waals surface area contributed by atoms with Crippen molar-refractivity contribution in [3.8, 4) is 0 Å². The summed E-state index contributed by atoms with van der Waals surface area (Å²) in [6, 6.07) is 0. The zero-order valence-electron chi connectivity index (χ0n) is 44.9. The molecule has 0 saturated heterocycles. The molecule has 408 valence electrons. The molecular formula is C56H108N2O11. The van der Waals surface area contributed by atoms with Crippen LogP contribution in [0.25, 0.3) is 0 Å². The number of hydrogen-bond donors (Lipinski definition) is 2. The van der Waals surface area contributed by atoms with Crippen molar-refractivity contribution < 1.29 is 52.2 Å². The lowest BCUT2D eigenvalue weighted by atomic mass is 10.1. The molecule has 0 saturated carbocycles. The second-order valence-corrected chi connectivity index (χ2v) is 18.1. The molecule has 2 N–H and O–H groups in total. The number of carbonyl (C=O) groups is 2. The predicted octanol–water partition coefficient (Wildman–Crippen LogP) is 11.4. The Kier molecular flexibility index (Phi) is 58.7. The molecule has 0 fully saturated rings. The minimum Gasteiger partial charge on any atom is -0.463 e. The van der Waals surface area contributed by atoms with Crippen LogP contribution in [0.4, 0.5) is 0 Å². The van der Waals surface area contributed by atoms with Crippen LogP contribution in [0.5, 0.6) is 0 Å². The molecule has 0 bridgehead atoms. The molecule has 0 aromatic rings. The van der Waals surface area contributed by atoms with Gasteiger partial charge in [-0.3, -0.25) is 9.59 Å². The highest BCUT2D eigenvalue weighted by Gasteiger charge is 2.11. The van der Waals surface area contributed by atoms with E-state index in [9.17, 15) is 9.59 Å². The zero-order chi connectivity index (χ0) is 49.9. The van der Waals surface area contributed by atoms with E-state index in [2.05, 4.69) is 48.8 Å². The minimum absolute atomic E-state index is 0.0250. The maximum Gasteiger partial charge on any atom is 0.320 e. The number of allylic oxidation sites excluding steroid dienone is 4. The van der Waals surface area contributed by atoms with Gasteiger partial charge >= 0.3 is 11.9 Å². The third-order valence-electron chi connectivity index (χ3n) is 11.6. The minimum atomic E-state index is -0.400. The van der Waals surface area contributed by atoms with E-state index in [-0.39, 0.29) is 45.0 Å². The highest BCUT2D eigenvalue weighted by Crippen LogP contribution is 2.12. The summed E-state index contributed by atoms with van der Waals surface area (Å²) in [5.74, 6) is -0.757. The second-order valence-electron chi connectivity index (χ2n) is 18.1. The third-order valence-corrected chi connectivity index (χ3v) is 11.6. The first-order chi connectivity index (χ1) is 34.1. The van der Waals surface area contributed by atoms with E-state index in [0.717, 1.165) is 26.1 Å². The Morgan fingerprint density at radius 3 is 1.17 bits per heavy atom. The fraction of sp³-hybridized carbons (Fsp3) is 0.893. The van der Waals surface area contributed by atoms with Crippen molar-refractivity contribution in [1.82, 2.24) is 10.6 Å². The SMILES string of the molecule is CCCCCCCC/C=C\CCCCCCCCOCC(COCCOCCOCCOCCOC(=O)CNCCOC(=O)CNCCOC)OCCCCCCCC/C=C\CCCCCCCC. The number of hydrogen-bond acceptors (Lipinski definition) is 13. The van der Waals surface area contributed by atoms with Gasteiger partial charge in [0.05, 0.1) is 79.2 Å². The largest absolute Gasteiger partial charge is 0.463 e. The summed E-state index contributed by atoms with van der Waals surface area (Å²) in [6.45, 7) is 12.0. The van der Waals surface area contributed by atoms with E-state index in [1.165, 1.54) is 167 Å². The van der Waals surface area contributed by atoms with Gasteiger partial charge in [0.25, 0.3) is 0 Å². The Labute approximate surface area is 423 Å². The van der Waals surface area contributed by atoms with Crippen molar-refractivity contribution in [2.75, 3.05) is 126 Å². The van der Waals surface area contributed by atoms with Crippen LogP contribution in [0.3, 0.4) is 0 Å². The van der Waals surface area contributed by atoms with Crippen molar-refractivity contribution in [2.24, 2.45) is 0 Å². The molecule has 0 aliphatic heterocycles. The Morgan fingerprint density at radius 1 is 0.377 bits per heavy atom. The average molecular weight is 985 g/mol. The highest BCUT2D eigenvalue weighted by atomic mass is 16.6. The van der Waals surface area contributed by atoms with Crippen LogP contribution in [0.1, 0.15) is 194 Å². The van der Waals surface area contributed by atoms with E-state index >= 15 is 0 Å². The molecule has 0 heterocycles. The molecule has 0 aliphatic rings. The maximum atomic E-state index is 11.8. The van der Waals surface area contributed by atoms with Gasteiger partial charge in [-0.1, -0.05) is 154 Å². The number of unbranched alkanes of at least 4 members (excludes halogenated alkanes) is 24. The number of methoxy groups -OCH3 is 1. The lowest BCUT2D eigenvalue weighted by molar-refractivity contribution is -0.144. The first-order valence-corrected chi connectivity index (χ1v) is 28.2. The van der Waals surface area contributed by atoms with Crippen molar-refractivity contribution in [2.45, 2.75) is 200 Å². The Balaban J connectivity index is 4.05. The van der Waals surface area contributed by atoms with Gasteiger partial charge in [0.2, 0.25) is 0 Å². The summed E-state index contributed by atoms with van der Waals surface area (Å²) < 4.78 is 50.2. The van der Waals surface area contributed by atoms with Gasteiger partial charge in [0.15, 0.2) is 0 Å². The first-order valence-electron chi connectivity index (χ1n) is 28.2. The summed E-state index contributed by atoms with van der Waals surface area (Å²) >= 11 is 0. The van der Waals surface area contributed by atoms with Crippen LogP contribution in [0.15, 0.2) is 24.3 Å². The Hall–Kier alpha value is -1.94.